The molecule has 1 aliphatic carbocycles. The summed E-state index contributed by atoms with van der Waals surface area (Å²) in [6.07, 6.45) is 2.92. The monoisotopic (exact) mass is 230 g/mol. The molecule has 0 unspecified atom stereocenters. The van der Waals surface area contributed by atoms with Crippen LogP contribution < -0.4 is 10.2 Å². The summed E-state index contributed by atoms with van der Waals surface area (Å²) >= 11 is 0. The van der Waals surface area contributed by atoms with Gasteiger partial charge in [-0.1, -0.05) is 26.0 Å². The Hall–Kier alpha value is -1.02. The third kappa shape index (κ3) is 2.32. The summed E-state index contributed by atoms with van der Waals surface area (Å²) in [6.45, 7) is 7.92. The Balaban J connectivity index is 1.56. The molecule has 3 rings (SSSR count). The van der Waals surface area contributed by atoms with Gasteiger partial charge in [-0.3, -0.25) is 0 Å². The van der Waals surface area contributed by atoms with Crippen molar-refractivity contribution in [1.29, 1.82) is 0 Å². The normalized spacial score (nSPS) is 20.8. The fourth-order valence-corrected chi connectivity index (χ4v) is 2.59. The third-order valence-electron chi connectivity index (χ3n) is 4.03. The zero-order chi connectivity index (χ0) is 11.9. The van der Waals surface area contributed by atoms with Crippen LogP contribution in [0.15, 0.2) is 24.3 Å². The Morgan fingerprint density at radius 2 is 1.82 bits per heavy atom. The van der Waals surface area contributed by atoms with E-state index in [1.807, 2.05) is 0 Å². The molecule has 1 saturated heterocycles. The van der Waals surface area contributed by atoms with Crippen LogP contribution in [0.4, 0.5) is 5.69 Å². The zero-order valence-electron chi connectivity index (χ0n) is 10.9. The van der Waals surface area contributed by atoms with Crippen LogP contribution >= 0.6 is 0 Å². The van der Waals surface area contributed by atoms with Gasteiger partial charge in [0.1, 0.15) is 0 Å². The van der Waals surface area contributed by atoms with Gasteiger partial charge in [0, 0.05) is 36.8 Å². The molecule has 2 nitrogen and oxygen atoms in total. The second-order valence-corrected chi connectivity index (χ2v) is 6.06. The first-order valence-electron chi connectivity index (χ1n) is 6.74. The number of hydrogen-bond donors (Lipinski definition) is 1. The Labute approximate surface area is 104 Å². The predicted octanol–water partition coefficient (Wildman–Crippen LogP) is 2.78. The number of rotatable bonds is 4. The molecule has 2 aliphatic rings. The maximum Gasteiger partial charge on any atom is 0.0366 e. The first-order valence-corrected chi connectivity index (χ1v) is 6.74. The highest BCUT2D eigenvalue weighted by Gasteiger charge is 2.52. The molecule has 0 aromatic heterocycles. The van der Waals surface area contributed by atoms with Gasteiger partial charge >= 0.3 is 0 Å². The van der Waals surface area contributed by atoms with Crippen LogP contribution in [-0.4, -0.2) is 19.1 Å². The quantitative estimate of drug-likeness (QED) is 0.855. The molecule has 1 heterocycles. The first-order chi connectivity index (χ1) is 8.17. The molecule has 1 aromatic carbocycles. The summed E-state index contributed by atoms with van der Waals surface area (Å²) in [7, 11) is 0. The van der Waals surface area contributed by atoms with Crippen LogP contribution in [0, 0.1) is 5.41 Å². The second kappa shape index (κ2) is 4.02. The van der Waals surface area contributed by atoms with Crippen molar-refractivity contribution in [3.63, 3.8) is 0 Å². The van der Waals surface area contributed by atoms with Gasteiger partial charge in [0.05, 0.1) is 0 Å². The van der Waals surface area contributed by atoms with Gasteiger partial charge < -0.3 is 10.2 Å². The van der Waals surface area contributed by atoms with Crippen LogP contribution in [0.5, 0.6) is 0 Å². The molecule has 0 radical (unpaired) electrons. The van der Waals surface area contributed by atoms with Gasteiger partial charge in [0.25, 0.3) is 0 Å². The Morgan fingerprint density at radius 1 is 1.18 bits per heavy atom. The summed E-state index contributed by atoms with van der Waals surface area (Å²) in [6, 6.07) is 9.60. The highest BCUT2D eigenvalue weighted by atomic mass is 15.2. The molecule has 1 aliphatic heterocycles. The van der Waals surface area contributed by atoms with E-state index in [9.17, 15) is 0 Å². The summed E-state index contributed by atoms with van der Waals surface area (Å²) in [5.41, 5.74) is 3.53. The highest BCUT2D eigenvalue weighted by Crippen LogP contribution is 2.53. The lowest BCUT2D eigenvalue weighted by Gasteiger charge is -2.42. The van der Waals surface area contributed by atoms with E-state index in [1.165, 1.54) is 37.2 Å². The van der Waals surface area contributed by atoms with E-state index in [1.54, 1.807) is 0 Å². The van der Waals surface area contributed by atoms with E-state index < -0.39 is 0 Å². The molecule has 0 bridgehead atoms. The van der Waals surface area contributed by atoms with Crippen molar-refractivity contribution in [2.75, 3.05) is 18.0 Å². The van der Waals surface area contributed by atoms with Crippen molar-refractivity contribution in [3.8, 4) is 0 Å². The Morgan fingerprint density at radius 3 is 2.35 bits per heavy atom. The average Bonchev–Trinajstić information content (AvgIpc) is 3.05. The lowest BCUT2D eigenvalue weighted by atomic mass is 9.96. The van der Waals surface area contributed by atoms with Gasteiger partial charge in [0.15, 0.2) is 0 Å². The molecule has 17 heavy (non-hydrogen) atoms. The zero-order valence-corrected chi connectivity index (χ0v) is 10.9. The molecule has 1 aromatic rings. The van der Waals surface area contributed by atoms with E-state index in [0.717, 1.165) is 12.0 Å². The van der Waals surface area contributed by atoms with Gasteiger partial charge in [-0.05, 0) is 30.5 Å². The molecule has 2 heteroatoms. The summed E-state index contributed by atoms with van der Waals surface area (Å²) < 4.78 is 0. The predicted molar refractivity (Wildman–Crippen MR) is 72.3 cm³/mol. The maximum atomic E-state index is 3.45. The lowest BCUT2D eigenvalue weighted by molar-refractivity contribution is 0.387. The van der Waals surface area contributed by atoms with Crippen LogP contribution in [0.25, 0.3) is 0 Å². The van der Waals surface area contributed by atoms with Crippen molar-refractivity contribution >= 4 is 5.69 Å². The lowest BCUT2D eigenvalue weighted by Crippen LogP contribution is -2.48. The standard InChI is InChI=1S/C15H22N2/c1-12(2)16-9-13-3-5-14(6-4-13)17-10-15(11-17)7-8-15/h3-6,12,16H,7-11H2,1-2H3. The SMILES string of the molecule is CC(C)NCc1ccc(N2CC3(CC3)C2)cc1. The molecule has 2 fully saturated rings. The van der Waals surface area contributed by atoms with Crippen LogP contribution in [0.3, 0.4) is 0 Å². The van der Waals surface area contributed by atoms with E-state index >= 15 is 0 Å². The molecule has 92 valence electrons. The van der Waals surface area contributed by atoms with Crippen molar-refractivity contribution in [2.24, 2.45) is 5.41 Å². The molecule has 1 spiro atoms. The fourth-order valence-electron chi connectivity index (χ4n) is 2.59. The van der Waals surface area contributed by atoms with Crippen LogP contribution in [0.2, 0.25) is 0 Å². The topological polar surface area (TPSA) is 15.3 Å². The maximum absolute atomic E-state index is 3.45. The smallest absolute Gasteiger partial charge is 0.0366 e. The summed E-state index contributed by atoms with van der Waals surface area (Å²) in [4.78, 5) is 2.51. The minimum absolute atomic E-state index is 0.555. The largest absolute Gasteiger partial charge is 0.370 e. The minimum Gasteiger partial charge on any atom is -0.370 e. The average molecular weight is 230 g/mol. The summed E-state index contributed by atoms with van der Waals surface area (Å²) in [5.74, 6) is 0. The number of anilines is 1. The highest BCUT2D eigenvalue weighted by molar-refractivity contribution is 5.51. The minimum atomic E-state index is 0.555. The van der Waals surface area contributed by atoms with Gasteiger partial charge in [0.2, 0.25) is 0 Å². The van der Waals surface area contributed by atoms with Crippen molar-refractivity contribution in [3.05, 3.63) is 29.8 Å². The third-order valence-corrected chi connectivity index (χ3v) is 4.03. The number of nitrogens with one attached hydrogen (secondary N) is 1. The van der Waals surface area contributed by atoms with E-state index in [0.29, 0.717) is 6.04 Å². The van der Waals surface area contributed by atoms with Crippen molar-refractivity contribution in [1.82, 2.24) is 5.32 Å². The molecular formula is C15H22N2. The number of benzene rings is 1. The van der Waals surface area contributed by atoms with E-state index in [-0.39, 0.29) is 0 Å². The van der Waals surface area contributed by atoms with Gasteiger partial charge in [-0.2, -0.15) is 0 Å². The molecular weight excluding hydrogens is 208 g/mol. The van der Waals surface area contributed by atoms with Crippen molar-refractivity contribution in [2.45, 2.75) is 39.3 Å². The second-order valence-electron chi connectivity index (χ2n) is 6.06. The first kappa shape index (κ1) is 11.1. The van der Waals surface area contributed by atoms with E-state index in [4.69, 9.17) is 0 Å². The van der Waals surface area contributed by atoms with Crippen LogP contribution in [0.1, 0.15) is 32.3 Å². The van der Waals surface area contributed by atoms with E-state index in [2.05, 4.69) is 48.3 Å². The molecule has 0 atom stereocenters. The Kier molecular flexibility index (Phi) is 2.62. The Bertz CT molecular complexity index is 382. The summed E-state index contributed by atoms with van der Waals surface area (Å²) in [5, 5.41) is 3.45. The molecule has 0 amide bonds. The van der Waals surface area contributed by atoms with Crippen molar-refractivity contribution < 1.29 is 0 Å². The fraction of sp³-hybridized carbons (Fsp3) is 0.600. The van der Waals surface area contributed by atoms with Gasteiger partial charge in [-0.25, -0.2) is 0 Å². The molecule has 1 saturated carbocycles. The number of hydrogen-bond acceptors (Lipinski definition) is 2. The van der Waals surface area contributed by atoms with Gasteiger partial charge in [-0.15, -0.1) is 0 Å². The number of nitrogens with zero attached hydrogens (tertiary/aromatic N) is 1. The molecule has 1 N–H and O–H groups in total. The van der Waals surface area contributed by atoms with Crippen LogP contribution in [-0.2, 0) is 6.54 Å².